The second-order valence-electron chi connectivity index (χ2n) is 5.91. The largest absolute Gasteiger partial charge is 0.387 e. The lowest BCUT2D eigenvalue weighted by Crippen LogP contribution is -2.45. The summed E-state index contributed by atoms with van der Waals surface area (Å²) in [6.07, 6.45) is -5.01. The maximum Gasteiger partial charge on any atom is 0.326 e. The number of aliphatic hydroxyl groups excluding tert-OH is 2. The number of aromatic nitrogens is 2. The third-order valence-corrected chi connectivity index (χ3v) is 5.86. The molecule has 6 atom stereocenters. The van der Waals surface area contributed by atoms with Crippen molar-refractivity contribution >= 4 is 34.0 Å². The van der Waals surface area contributed by atoms with Gasteiger partial charge in [0.1, 0.15) is 24.0 Å². The Morgan fingerprint density at radius 3 is 2.78 bits per heavy atom. The number of aromatic amines is 1. The molecule has 2 aliphatic heterocycles. The quantitative estimate of drug-likeness (QED) is 0.307. The number of nitrogens with two attached hydrogens (primary N) is 1. The zero-order valence-electron chi connectivity index (χ0n) is 13.9. The molecule has 0 amide bonds. The highest BCUT2D eigenvalue weighted by molar-refractivity contribution is 7.47. The fraction of sp³-hybridized carbons (Fsp3) is 0.636. The molecule has 3 rings (SSSR count). The molecule has 1 aromatic rings. The topological polar surface area (TPSA) is 201 Å². The molecule has 152 valence electrons. The van der Waals surface area contributed by atoms with Gasteiger partial charge in [-0.25, -0.2) is 4.31 Å². The number of hydrogen-bond acceptors (Lipinski definition) is 12. The van der Waals surface area contributed by atoms with E-state index in [0.29, 0.717) is 0 Å². The third-order valence-electron chi connectivity index (χ3n) is 4.09. The van der Waals surface area contributed by atoms with E-state index in [2.05, 4.69) is 14.3 Å². The molecule has 0 radical (unpaired) electrons. The van der Waals surface area contributed by atoms with Crippen molar-refractivity contribution in [3.63, 3.8) is 0 Å². The lowest BCUT2D eigenvalue weighted by Gasteiger charge is -2.27. The minimum Gasteiger partial charge on any atom is -0.387 e. The van der Waals surface area contributed by atoms with Gasteiger partial charge in [0.05, 0.1) is 13.3 Å². The van der Waals surface area contributed by atoms with Crippen molar-refractivity contribution in [3.05, 3.63) is 10.4 Å². The van der Waals surface area contributed by atoms with Crippen molar-refractivity contribution in [1.82, 2.24) is 9.97 Å². The second-order valence-corrected chi connectivity index (χ2v) is 8.04. The summed E-state index contributed by atoms with van der Waals surface area (Å²) in [7, 11) is -5.06. The summed E-state index contributed by atoms with van der Waals surface area (Å²) in [6.45, 7) is -0.327. The lowest BCUT2D eigenvalue weighted by atomic mass is 10.1. The summed E-state index contributed by atoms with van der Waals surface area (Å²) >= 11 is 0. The van der Waals surface area contributed by atoms with E-state index in [1.54, 1.807) is 11.9 Å². The molecule has 1 saturated heterocycles. The van der Waals surface area contributed by atoms with Gasteiger partial charge in [0.15, 0.2) is 12.0 Å². The first-order valence-electron chi connectivity index (χ1n) is 7.65. The summed E-state index contributed by atoms with van der Waals surface area (Å²) in [5, 5.41) is 20.5. The molecule has 27 heavy (non-hydrogen) atoms. The highest BCUT2D eigenvalue weighted by atomic mass is 31.2. The average molecular weight is 427 g/mol. The number of fused-ring (bicyclic) bond motifs is 1. The molecular formula is C11H19N5O9P2. The molecule has 14 nitrogen and oxygen atoms in total. The number of nitrogens with zero attached hydrogens (tertiary/aromatic N) is 3. The molecule has 16 heteroatoms. The van der Waals surface area contributed by atoms with Crippen LogP contribution in [0, 0.1) is 0 Å². The van der Waals surface area contributed by atoms with Crippen LogP contribution in [-0.4, -0.2) is 69.9 Å². The van der Waals surface area contributed by atoms with Crippen LogP contribution in [0.2, 0.25) is 0 Å². The van der Waals surface area contributed by atoms with Gasteiger partial charge in [0.2, 0.25) is 5.95 Å². The van der Waals surface area contributed by atoms with Crippen molar-refractivity contribution in [2.75, 3.05) is 35.9 Å². The molecule has 0 spiro atoms. The van der Waals surface area contributed by atoms with Gasteiger partial charge < -0.3 is 39.9 Å². The number of anilines is 3. The van der Waals surface area contributed by atoms with Gasteiger partial charge in [-0.05, 0) is 0 Å². The van der Waals surface area contributed by atoms with Crippen LogP contribution in [-0.2, 0) is 22.7 Å². The van der Waals surface area contributed by atoms with E-state index in [1.165, 1.54) is 4.90 Å². The zero-order chi connectivity index (χ0) is 19.9. The third kappa shape index (κ3) is 4.03. The Balaban J connectivity index is 1.75. The van der Waals surface area contributed by atoms with Crippen LogP contribution in [0.25, 0.3) is 0 Å². The van der Waals surface area contributed by atoms with E-state index in [9.17, 15) is 24.1 Å². The van der Waals surface area contributed by atoms with Crippen LogP contribution in [0.15, 0.2) is 4.79 Å². The Morgan fingerprint density at radius 1 is 1.41 bits per heavy atom. The Morgan fingerprint density at radius 2 is 2.11 bits per heavy atom. The van der Waals surface area contributed by atoms with E-state index >= 15 is 0 Å². The molecule has 2 aliphatic rings. The van der Waals surface area contributed by atoms with Gasteiger partial charge in [-0.15, -0.1) is 0 Å². The van der Waals surface area contributed by atoms with E-state index in [0.717, 1.165) is 0 Å². The maximum absolute atomic E-state index is 12.1. The molecule has 0 aromatic carbocycles. The van der Waals surface area contributed by atoms with Gasteiger partial charge in [0.25, 0.3) is 5.56 Å². The number of aliphatic hydroxyl groups is 2. The molecule has 0 bridgehead atoms. The molecule has 2 unspecified atom stereocenters. The summed E-state index contributed by atoms with van der Waals surface area (Å²) < 4.78 is 36.3. The summed E-state index contributed by atoms with van der Waals surface area (Å²) in [5.74, 6) is 0.0503. The molecule has 1 aromatic heterocycles. The lowest BCUT2D eigenvalue weighted by molar-refractivity contribution is -0.0165. The van der Waals surface area contributed by atoms with Gasteiger partial charge in [-0.1, -0.05) is 0 Å². The Hall–Kier alpha value is -1.50. The van der Waals surface area contributed by atoms with Crippen LogP contribution in [0.1, 0.15) is 0 Å². The van der Waals surface area contributed by atoms with Crippen LogP contribution in [0.3, 0.4) is 0 Å². The average Bonchev–Trinajstić information content (AvgIpc) is 3.03. The van der Waals surface area contributed by atoms with Crippen molar-refractivity contribution in [2.24, 2.45) is 0 Å². The monoisotopic (exact) mass is 427 g/mol. The van der Waals surface area contributed by atoms with E-state index < -0.39 is 53.2 Å². The number of ether oxygens (including phenoxy) is 1. The first kappa shape index (κ1) is 20.2. The van der Waals surface area contributed by atoms with Crippen LogP contribution < -0.4 is 21.1 Å². The molecular weight excluding hydrogens is 408 g/mol. The molecule has 1 fully saturated rings. The minimum atomic E-state index is -3.43. The first-order valence-corrected chi connectivity index (χ1v) is 10.1. The predicted octanol–water partition coefficient (Wildman–Crippen LogP) is -2.18. The summed E-state index contributed by atoms with van der Waals surface area (Å²) in [4.78, 5) is 30.1. The Labute approximate surface area is 153 Å². The highest BCUT2D eigenvalue weighted by Crippen LogP contribution is 2.39. The van der Waals surface area contributed by atoms with Crippen LogP contribution in [0.4, 0.5) is 17.5 Å². The summed E-state index contributed by atoms with van der Waals surface area (Å²) in [5.41, 5.74) is 5.33. The minimum absolute atomic E-state index is 0.123. The molecule has 6 N–H and O–H groups in total. The van der Waals surface area contributed by atoms with Gasteiger partial charge in [0, 0.05) is 7.05 Å². The smallest absolute Gasteiger partial charge is 0.326 e. The Kier molecular flexibility index (Phi) is 5.89. The fourth-order valence-corrected chi connectivity index (χ4v) is 4.07. The summed E-state index contributed by atoms with van der Waals surface area (Å²) in [6, 6.07) is 0. The van der Waals surface area contributed by atoms with E-state index in [4.69, 9.17) is 19.9 Å². The van der Waals surface area contributed by atoms with Crippen molar-refractivity contribution in [2.45, 2.75) is 24.5 Å². The number of H-pyrrole nitrogens is 1. The highest BCUT2D eigenvalue weighted by Gasteiger charge is 2.48. The van der Waals surface area contributed by atoms with Crippen molar-refractivity contribution in [3.8, 4) is 0 Å². The van der Waals surface area contributed by atoms with E-state index in [1.807, 2.05) is 0 Å². The molecule has 0 aliphatic carbocycles. The number of rotatable bonds is 6. The number of hydrogen-bond donors (Lipinski definition) is 5. The van der Waals surface area contributed by atoms with Gasteiger partial charge >= 0.3 is 16.5 Å². The molecule has 3 heterocycles. The maximum atomic E-state index is 12.1. The normalized spacial score (nSPS) is 29.8. The van der Waals surface area contributed by atoms with Crippen molar-refractivity contribution in [1.29, 1.82) is 0 Å². The zero-order valence-corrected chi connectivity index (χ0v) is 15.9. The van der Waals surface area contributed by atoms with Crippen LogP contribution in [0.5, 0.6) is 0 Å². The number of nitrogen functional groups attached to an aromatic ring is 1. The second kappa shape index (κ2) is 7.86. The Bertz CT molecular complexity index is 822. The molecule has 0 saturated carbocycles. The fourth-order valence-electron chi connectivity index (χ4n) is 2.96. The SMILES string of the molecule is CN1CN([C@@H]2O[C@H](CO[PH](=O)O[PH](=O)O)[C@@H](O)[C@H]2O)c2nc(N)[nH]c(=O)c21. The van der Waals surface area contributed by atoms with Gasteiger partial charge in [-0.3, -0.25) is 18.9 Å². The first-order chi connectivity index (χ1) is 12.7. The van der Waals surface area contributed by atoms with E-state index in [-0.39, 0.29) is 24.1 Å². The standard InChI is InChI=1S/C11H19N5O9P2/c1-15-3-16(8-5(15)9(19)14-11(12)13-8)10-7(18)6(17)4(24-10)2-23-27(22)25-26(20)21/h4,6-7,10,17-18,26-27H,2-3H2,1H3,(H,20,21)(H3,12,13,14,19)/t4-,6-,7-,10-/m1/s1. The van der Waals surface area contributed by atoms with Gasteiger partial charge in [-0.2, -0.15) is 4.98 Å². The predicted molar refractivity (Wildman–Crippen MR) is 93.0 cm³/mol. The van der Waals surface area contributed by atoms with Crippen molar-refractivity contribution < 1.29 is 37.8 Å². The van der Waals surface area contributed by atoms with Crippen LogP contribution >= 0.6 is 16.5 Å². The number of nitrogens with one attached hydrogen (secondary N) is 1.